The van der Waals surface area contributed by atoms with Crippen LogP contribution >= 0.6 is 11.3 Å². The third kappa shape index (κ3) is 3.29. The van der Waals surface area contributed by atoms with E-state index in [0.717, 1.165) is 24.3 Å². The Morgan fingerprint density at radius 1 is 1.35 bits per heavy atom. The van der Waals surface area contributed by atoms with Crippen molar-refractivity contribution in [3.8, 4) is 0 Å². The van der Waals surface area contributed by atoms with Gasteiger partial charge in [0.15, 0.2) is 0 Å². The van der Waals surface area contributed by atoms with E-state index in [9.17, 15) is 0 Å². The van der Waals surface area contributed by atoms with Gasteiger partial charge >= 0.3 is 0 Å². The molecular weight excluding hydrogens is 228 g/mol. The molecule has 0 saturated heterocycles. The predicted molar refractivity (Wildman–Crippen MR) is 74.4 cm³/mol. The van der Waals surface area contributed by atoms with Gasteiger partial charge in [0, 0.05) is 23.5 Å². The quantitative estimate of drug-likeness (QED) is 0.882. The van der Waals surface area contributed by atoms with Gasteiger partial charge in [-0.05, 0) is 44.6 Å². The number of nitrogens with zero attached hydrogens (tertiary/aromatic N) is 1. The Hall–Kier alpha value is -0.410. The van der Waals surface area contributed by atoms with Gasteiger partial charge in [-0.2, -0.15) is 0 Å². The lowest BCUT2D eigenvalue weighted by Gasteiger charge is -2.29. The Bertz CT molecular complexity index is 338. The number of hydrogen-bond acceptors (Lipinski definition) is 3. The minimum absolute atomic E-state index is 0.737. The van der Waals surface area contributed by atoms with Crippen LogP contribution in [0, 0.1) is 11.8 Å². The van der Waals surface area contributed by atoms with Gasteiger partial charge in [0.1, 0.15) is 0 Å². The lowest BCUT2D eigenvalue weighted by molar-refractivity contribution is 0.258. The summed E-state index contributed by atoms with van der Waals surface area (Å²) in [6.45, 7) is 5.68. The summed E-state index contributed by atoms with van der Waals surface area (Å²) >= 11 is 1.90. The van der Waals surface area contributed by atoms with Crippen molar-refractivity contribution >= 4 is 11.3 Å². The van der Waals surface area contributed by atoms with E-state index in [1.807, 2.05) is 24.6 Å². The largest absolute Gasteiger partial charge is 0.315 e. The van der Waals surface area contributed by atoms with Crippen molar-refractivity contribution in [2.45, 2.75) is 52.0 Å². The predicted octanol–water partition coefficient (Wildman–Crippen LogP) is 3.79. The van der Waals surface area contributed by atoms with Crippen LogP contribution in [0.25, 0.3) is 0 Å². The molecule has 1 aliphatic carbocycles. The van der Waals surface area contributed by atoms with Crippen molar-refractivity contribution in [1.29, 1.82) is 0 Å². The SMILES string of the molecule is CNCc1cnc(C2CCC(C(C)C)CC2)s1. The normalized spacial score (nSPS) is 25.4. The minimum atomic E-state index is 0.737. The highest BCUT2D eigenvalue weighted by atomic mass is 32.1. The minimum Gasteiger partial charge on any atom is -0.315 e. The van der Waals surface area contributed by atoms with E-state index in [-0.39, 0.29) is 0 Å². The van der Waals surface area contributed by atoms with Crippen LogP contribution in [0.4, 0.5) is 0 Å². The molecule has 0 amide bonds. The zero-order valence-corrected chi connectivity index (χ0v) is 12.0. The summed E-state index contributed by atoms with van der Waals surface area (Å²) in [5, 5.41) is 4.57. The highest BCUT2D eigenvalue weighted by Gasteiger charge is 2.25. The molecule has 2 rings (SSSR count). The first-order valence-electron chi connectivity index (χ1n) is 6.80. The third-order valence-electron chi connectivity index (χ3n) is 3.99. The molecule has 1 N–H and O–H groups in total. The third-order valence-corrected chi connectivity index (χ3v) is 5.15. The van der Waals surface area contributed by atoms with E-state index in [1.165, 1.54) is 35.6 Å². The van der Waals surface area contributed by atoms with Crippen LogP contribution in [0.3, 0.4) is 0 Å². The smallest absolute Gasteiger partial charge is 0.0959 e. The number of rotatable bonds is 4. The molecule has 1 heterocycles. The van der Waals surface area contributed by atoms with Crippen LogP contribution in [-0.2, 0) is 6.54 Å². The monoisotopic (exact) mass is 252 g/mol. The van der Waals surface area contributed by atoms with E-state index in [4.69, 9.17) is 0 Å². The van der Waals surface area contributed by atoms with Gasteiger partial charge in [-0.1, -0.05) is 13.8 Å². The van der Waals surface area contributed by atoms with Gasteiger partial charge in [-0.15, -0.1) is 11.3 Å². The number of nitrogens with one attached hydrogen (secondary N) is 1. The number of thiazole rings is 1. The molecule has 17 heavy (non-hydrogen) atoms. The van der Waals surface area contributed by atoms with Gasteiger partial charge in [0.05, 0.1) is 5.01 Å². The molecule has 3 heteroatoms. The molecular formula is C14H24N2S. The molecule has 96 valence electrons. The Balaban J connectivity index is 1.91. The molecule has 0 aliphatic heterocycles. The molecule has 0 bridgehead atoms. The van der Waals surface area contributed by atoms with Crippen molar-refractivity contribution < 1.29 is 0 Å². The van der Waals surface area contributed by atoms with Gasteiger partial charge in [-0.3, -0.25) is 0 Å². The molecule has 1 fully saturated rings. The van der Waals surface area contributed by atoms with Crippen molar-refractivity contribution in [2.75, 3.05) is 7.05 Å². The molecule has 1 aliphatic rings. The Labute approximate surface area is 109 Å². The second-order valence-corrected chi connectivity index (χ2v) is 6.70. The number of aromatic nitrogens is 1. The van der Waals surface area contributed by atoms with Gasteiger partial charge < -0.3 is 5.32 Å². The van der Waals surface area contributed by atoms with Crippen LogP contribution in [0.15, 0.2) is 6.20 Å². The van der Waals surface area contributed by atoms with Gasteiger partial charge in [0.2, 0.25) is 0 Å². The molecule has 2 nitrogen and oxygen atoms in total. The second-order valence-electron chi connectivity index (χ2n) is 5.55. The molecule has 0 radical (unpaired) electrons. The standard InChI is InChI=1S/C14H24N2S/c1-10(2)11-4-6-12(7-5-11)14-16-9-13(17-14)8-15-3/h9-12,15H,4-8H2,1-3H3. The van der Waals surface area contributed by atoms with Crippen LogP contribution in [0.2, 0.25) is 0 Å². The Morgan fingerprint density at radius 3 is 2.65 bits per heavy atom. The molecule has 1 aromatic heterocycles. The van der Waals surface area contributed by atoms with E-state index in [1.54, 1.807) is 0 Å². The maximum absolute atomic E-state index is 4.61. The van der Waals surface area contributed by atoms with Crippen LogP contribution < -0.4 is 5.32 Å². The topological polar surface area (TPSA) is 24.9 Å². The zero-order valence-electron chi connectivity index (χ0n) is 11.2. The highest BCUT2D eigenvalue weighted by Crippen LogP contribution is 2.39. The summed E-state index contributed by atoms with van der Waals surface area (Å²) in [7, 11) is 1.99. The molecule has 0 atom stereocenters. The maximum Gasteiger partial charge on any atom is 0.0959 e. The fourth-order valence-electron chi connectivity index (χ4n) is 2.80. The number of hydrogen-bond donors (Lipinski definition) is 1. The van der Waals surface area contributed by atoms with Gasteiger partial charge in [0.25, 0.3) is 0 Å². The first-order valence-corrected chi connectivity index (χ1v) is 7.61. The molecule has 1 aromatic rings. The summed E-state index contributed by atoms with van der Waals surface area (Å²) < 4.78 is 0. The summed E-state index contributed by atoms with van der Waals surface area (Å²) in [5.74, 6) is 2.54. The fourth-order valence-corrected chi connectivity index (χ4v) is 3.90. The second kappa shape index (κ2) is 5.96. The van der Waals surface area contributed by atoms with Gasteiger partial charge in [-0.25, -0.2) is 4.98 Å². The first kappa shape index (κ1) is 13.0. The zero-order chi connectivity index (χ0) is 12.3. The summed E-state index contributed by atoms with van der Waals surface area (Å²) in [6.07, 6.45) is 7.52. The maximum atomic E-state index is 4.61. The first-order chi connectivity index (χ1) is 8.20. The van der Waals surface area contributed by atoms with Crippen molar-refractivity contribution in [3.05, 3.63) is 16.1 Å². The van der Waals surface area contributed by atoms with E-state index in [2.05, 4.69) is 24.1 Å². The van der Waals surface area contributed by atoms with E-state index in [0.29, 0.717) is 0 Å². The van der Waals surface area contributed by atoms with Crippen molar-refractivity contribution in [2.24, 2.45) is 11.8 Å². The molecule has 0 aromatic carbocycles. The summed E-state index contributed by atoms with van der Waals surface area (Å²) in [5.41, 5.74) is 0. The Morgan fingerprint density at radius 2 is 2.06 bits per heavy atom. The molecule has 0 unspecified atom stereocenters. The lowest BCUT2D eigenvalue weighted by Crippen LogP contribution is -2.17. The van der Waals surface area contributed by atoms with Crippen LogP contribution in [-0.4, -0.2) is 12.0 Å². The van der Waals surface area contributed by atoms with Crippen LogP contribution in [0.1, 0.15) is 55.3 Å². The highest BCUT2D eigenvalue weighted by molar-refractivity contribution is 7.11. The van der Waals surface area contributed by atoms with E-state index < -0.39 is 0 Å². The lowest BCUT2D eigenvalue weighted by atomic mass is 9.77. The Kier molecular flexibility index (Phi) is 4.57. The van der Waals surface area contributed by atoms with Crippen LogP contribution in [0.5, 0.6) is 0 Å². The van der Waals surface area contributed by atoms with Crippen molar-refractivity contribution in [1.82, 2.24) is 10.3 Å². The molecule has 1 saturated carbocycles. The fraction of sp³-hybridized carbons (Fsp3) is 0.786. The molecule has 0 spiro atoms. The average Bonchev–Trinajstić information content (AvgIpc) is 2.78. The van der Waals surface area contributed by atoms with E-state index >= 15 is 0 Å². The summed E-state index contributed by atoms with van der Waals surface area (Å²) in [6, 6.07) is 0. The van der Waals surface area contributed by atoms with Crippen molar-refractivity contribution in [3.63, 3.8) is 0 Å². The summed E-state index contributed by atoms with van der Waals surface area (Å²) in [4.78, 5) is 5.98. The average molecular weight is 252 g/mol.